The summed E-state index contributed by atoms with van der Waals surface area (Å²) in [5, 5.41) is 12.2. The largest absolute Gasteiger partial charge is 0.374 e. The second-order valence-corrected chi connectivity index (χ2v) is 8.99. The number of carbonyl (C=O) groups excluding carboxylic acids is 1. The Balaban J connectivity index is 3.12. The van der Waals surface area contributed by atoms with Gasteiger partial charge >= 0.3 is 0 Å². The van der Waals surface area contributed by atoms with Crippen molar-refractivity contribution in [3.63, 3.8) is 0 Å². The van der Waals surface area contributed by atoms with Crippen molar-refractivity contribution >= 4 is 5.91 Å². The van der Waals surface area contributed by atoms with Gasteiger partial charge in [-0.1, -0.05) is 136 Å². The zero-order chi connectivity index (χ0) is 21.4. The van der Waals surface area contributed by atoms with Crippen LogP contribution < -0.4 is 5.32 Å². The van der Waals surface area contributed by atoms with E-state index < -0.39 is 6.23 Å². The van der Waals surface area contributed by atoms with Gasteiger partial charge < -0.3 is 10.4 Å². The summed E-state index contributed by atoms with van der Waals surface area (Å²) in [4.78, 5) is 11.6. The van der Waals surface area contributed by atoms with Crippen LogP contribution in [0.3, 0.4) is 0 Å². The number of unbranched alkanes of at least 4 members (excludes halogenated alkanes) is 18. The molecule has 0 aliphatic carbocycles. The second-order valence-electron chi connectivity index (χ2n) is 8.99. The third-order valence-electron chi connectivity index (χ3n) is 5.90. The molecular weight excluding hydrogens is 358 g/mol. The molecule has 0 aromatic heterocycles. The number of nitrogens with one attached hydrogen (secondary N) is 1. The van der Waals surface area contributed by atoms with Crippen molar-refractivity contribution in [2.24, 2.45) is 0 Å². The minimum Gasteiger partial charge on any atom is -0.374 e. The number of aliphatic hydroxyl groups excluding tert-OH is 1. The lowest BCUT2D eigenvalue weighted by molar-refractivity contribution is -0.124. The van der Waals surface area contributed by atoms with Crippen molar-refractivity contribution in [1.82, 2.24) is 5.32 Å². The van der Waals surface area contributed by atoms with Crippen molar-refractivity contribution in [3.8, 4) is 0 Å². The normalized spacial score (nSPS) is 12.2. The number of rotatable bonds is 23. The molecule has 0 aromatic rings. The van der Waals surface area contributed by atoms with Crippen molar-refractivity contribution in [2.75, 3.05) is 0 Å². The summed E-state index contributed by atoms with van der Waals surface area (Å²) < 4.78 is 0. The van der Waals surface area contributed by atoms with Crippen molar-refractivity contribution < 1.29 is 9.90 Å². The van der Waals surface area contributed by atoms with Crippen LogP contribution in [0.5, 0.6) is 0 Å². The third kappa shape index (κ3) is 23.6. The summed E-state index contributed by atoms with van der Waals surface area (Å²) in [7, 11) is 0. The number of aliphatic hydroxyl groups is 1. The molecule has 174 valence electrons. The van der Waals surface area contributed by atoms with E-state index in [4.69, 9.17) is 0 Å². The lowest BCUT2D eigenvalue weighted by atomic mass is 10.0. The van der Waals surface area contributed by atoms with Gasteiger partial charge in [0.15, 0.2) is 0 Å². The summed E-state index contributed by atoms with van der Waals surface area (Å²) in [5.74, 6) is -0.00192. The van der Waals surface area contributed by atoms with E-state index in [9.17, 15) is 9.90 Å². The van der Waals surface area contributed by atoms with Gasteiger partial charge in [0, 0.05) is 6.42 Å². The highest BCUT2D eigenvalue weighted by atomic mass is 16.3. The fraction of sp³-hybridized carbons (Fsp3) is 0.962. The van der Waals surface area contributed by atoms with Crippen LogP contribution in [-0.4, -0.2) is 17.2 Å². The van der Waals surface area contributed by atoms with Crippen LogP contribution >= 0.6 is 0 Å². The van der Waals surface area contributed by atoms with Crippen molar-refractivity contribution in [1.29, 1.82) is 0 Å². The number of hydrogen-bond donors (Lipinski definition) is 2. The molecular formula is C26H53NO2. The molecule has 1 amide bonds. The van der Waals surface area contributed by atoms with Crippen LogP contribution in [0.1, 0.15) is 155 Å². The van der Waals surface area contributed by atoms with E-state index >= 15 is 0 Å². The highest BCUT2D eigenvalue weighted by molar-refractivity contribution is 5.75. The van der Waals surface area contributed by atoms with Crippen LogP contribution in [-0.2, 0) is 4.79 Å². The molecule has 0 radical (unpaired) electrons. The first-order valence-electron chi connectivity index (χ1n) is 13.2. The van der Waals surface area contributed by atoms with Crippen LogP contribution in [0, 0.1) is 0 Å². The van der Waals surface area contributed by atoms with E-state index in [1.165, 1.54) is 109 Å². The molecule has 0 saturated heterocycles. The predicted molar refractivity (Wildman–Crippen MR) is 127 cm³/mol. The summed E-state index contributed by atoms with van der Waals surface area (Å²) >= 11 is 0. The molecule has 0 saturated carbocycles. The van der Waals surface area contributed by atoms with Gasteiger partial charge in [0.25, 0.3) is 0 Å². The smallest absolute Gasteiger partial charge is 0.221 e. The zero-order valence-electron chi connectivity index (χ0n) is 20.0. The van der Waals surface area contributed by atoms with Crippen LogP contribution in [0.4, 0.5) is 0 Å². The predicted octanol–water partition coefficient (Wildman–Crippen LogP) is 8.04. The Labute approximate surface area is 182 Å². The fourth-order valence-corrected chi connectivity index (χ4v) is 3.97. The second kappa shape index (κ2) is 23.7. The Morgan fingerprint density at radius 1 is 0.586 bits per heavy atom. The van der Waals surface area contributed by atoms with Gasteiger partial charge in [-0.2, -0.15) is 0 Å². The quantitative estimate of drug-likeness (QED) is 0.132. The van der Waals surface area contributed by atoms with E-state index in [1.54, 1.807) is 0 Å². The summed E-state index contributed by atoms with van der Waals surface area (Å²) in [6.45, 7) is 4.29. The average molecular weight is 412 g/mol. The molecule has 0 aliphatic rings. The van der Waals surface area contributed by atoms with Gasteiger partial charge in [-0.25, -0.2) is 0 Å². The maximum atomic E-state index is 11.6. The van der Waals surface area contributed by atoms with Gasteiger partial charge in [-0.3, -0.25) is 4.79 Å². The van der Waals surface area contributed by atoms with Gasteiger partial charge in [0.1, 0.15) is 6.23 Å². The lowest BCUT2D eigenvalue weighted by Crippen LogP contribution is -2.34. The number of carbonyl (C=O) groups is 1. The first-order chi connectivity index (χ1) is 14.2. The van der Waals surface area contributed by atoms with Gasteiger partial charge in [0.2, 0.25) is 5.91 Å². The number of hydrogen-bond acceptors (Lipinski definition) is 2. The van der Waals surface area contributed by atoms with E-state index in [2.05, 4.69) is 12.2 Å². The molecule has 3 nitrogen and oxygen atoms in total. The van der Waals surface area contributed by atoms with E-state index in [-0.39, 0.29) is 5.91 Å². The molecule has 0 aromatic carbocycles. The first-order valence-corrected chi connectivity index (χ1v) is 13.2. The maximum absolute atomic E-state index is 11.6. The fourth-order valence-electron chi connectivity index (χ4n) is 3.97. The van der Waals surface area contributed by atoms with Crippen molar-refractivity contribution in [3.05, 3.63) is 0 Å². The Morgan fingerprint density at radius 3 is 1.28 bits per heavy atom. The highest BCUT2D eigenvalue weighted by Crippen LogP contribution is 2.14. The molecule has 0 spiro atoms. The van der Waals surface area contributed by atoms with Gasteiger partial charge in [0.05, 0.1) is 0 Å². The molecule has 1 atom stereocenters. The van der Waals surface area contributed by atoms with E-state index in [0.29, 0.717) is 12.8 Å². The van der Waals surface area contributed by atoms with Crippen LogP contribution in [0.2, 0.25) is 0 Å². The zero-order valence-corrected chi connectivity index (χ0v) is 20.0. The summed E-state index contributed by atoms with van der Waals surface area (Å²) in [5.41, 5.74) is 0. The topological polar surface area (TPSA) is 49.3 Å². The Morgan fingerprint density at radius 2 is 0.931 bits per heavy atom. The molecule has 2 N–H and O–H groups in total. The Bertz CT molecular complexity index is 333. The molecule has 0 rings (SSSR count). The minimum absolute atomic E-state index is 0.00192. The van der Waals surface area contributed by atoms with Gasteiger partial charge in [-0.05, 0) is 12.8 Å². The van der Waals surface area contributed by atoms with E-state index in [0.717, 1.165) is 19.3 Å². The van der Waals surface area contributed by atoms with Crippen LogP contribution in [0.25, 0.3) is 0 Å². The molecule has 0 bridgehead atoms. The van der Waals surface area contributed by atoms with Gasteiger partial charge in [-0.15, -0.1) is 0 Å². The van der Waals surface area contributed by atoms with Crippen LogP contribution in [0.15, 0.2) is 0 Å². The average Bonchev–Trinajstić information content (AvgIpc) is 2.70. The molecule has 29 heavy (non-hydrogen) atoms. The summed E-state index contributed by atoms with van der Waals surface area (Å²) in [6, 6.07) is 0. The van der Waals surface area contributed by atoms with Crippen molar-refractivity contribution in [2.45, 2.75) is 161 Å². The maximum Gasteiger partial charge on any atom is 0.221 e. The molecule has 0 aliphatic heterocycles. The standard InChI is InChI=1S/C26H53NO2/c1-3-5-6-7-8-9-10-11-12-13-14-15-16-17-18-19-20-21-22-24-26(29)27-25(28)23-4-2/h25,28H,3-24H2,1-2H3,(H,27,29). The first kappa shape index (κ1) is 28.4. The summed E-state index contributed by atoms with van der Waals surface area (Å²) in [6.07, 6.45) is 27.4. The number of amides is 1. The Kier molecular flexibility index (Phi) is 23.2. The monoisotopic (exact) mass is 411 g/mol. The highest BCUT2D eigenvalue weighted by Gasteiger charge is 2.06. The van der Waals surface area contributed by atoms with E-state index in [1.807, 2.05) is 6.92 Å². The molecule has 1 unspecified atom stereocenters. The molecule has 0 fully saturated rings. The third-order valence-corrected chi connectivity index (χ3v) is 5.90. The Hall–Kier alpha value is -0.570. The molecule has 0 heterocycles. The molecule has 3 heteroatoms. The lowest BCUT2D eigenvalue weighted by Gasteiger charge is -2.11. The minimum atomic E-state index is -0.659. The SMILES string of the molecule is CCCCCCCCCCCCCCCCCCCCCC(=O)NC(O)CCC.